The van der Waals surface area contributed by atoms with Crippen molar-refractivity contribution < 1.29 is 10.2 Å². The van der Waals surface area contributed by atoms with Gasteiger partial charge in [0.05, 0.1) is 0 Å². The van der Waals surface area contributed by atoms with Crippen LogP contribution in [0, 0.1) is 0 Å². The molecular weight excluding hydrogens is 188 g/mol. The van der Waals surface area contributed by atoms with Crippen molar-refractivity contribution in [3.8, 4) is 11.5 Å². The van der Waals surface area contributed by atoms with E-state index in [0.717, 1.165) is 31.2 Å². The Labute approximate surface area is 91.6 Å². The second-order valence-electron chi connectivity index (χ2n) is 3.98. The van der Waals surface area contributed by atoms with E-state index >= 15 is 0 Å². The van der Waals surface area contributed by atoms with Gasteiger partial charge in [-0.15, -0.1) is 0 Å². The molecule has 0 fully saturated rings. The third-order valence-corrected chi connectivity index (χ3v) is 2.74. The second-order valence-corrected chi connectivity index (χ2v) is 3.98. The summed E-state index contributed by atoms with van der Waals surface area (Å²) < 4.78 is 0. The first-order valence-corrected chi connectivity index (χ1v) is 5.71. The Bertz CT molecular complexity index is 281. The zero-order chi connectivity index (χ0) is 11.3. The van der Waals surface area contributed by atoms with E-state index in [1.54, 1.807) is 18.2 Å². The second kappa shape index (κ2) is 5.64. The van der Waals surface area contributed by atoms with Gasteiger partial charge in [0.1, 0.15) is 11.5 Å². The van der Waals surface area contributed by atoms with Crippen molar-refractivity contribution in [2.24, 2.45) is 0 Å². The lowest BCUT2D eigenvalue weighted by molar-refractivity contribution is 0.416. The summed E-state index contributed by atoms with van der Waals surface area (Å²) in [6.07, 6.45) is 4.16. The molecule has 84 valence electrons. The lowest BCUT2D eigenvalue weighted by Crippen LogP contribution is -1.99. The van der Waals surface area contributed by atoms with Gasteiger partial charge in [0.15, 0.2) is 0 Å². The van der Waals surface area contributed by atoms with Gasteiger partial charge in [0, 0.05) is 5.56 Å². The lowest BCUT2D eigenvalue weighted by atomic mass is 9.89. The largest absolute Gasteiger partial charge is 0.508 e. The van der Waals surface area contributed by atoms with Gasteiger partial charge < -0.3 is 10.2 Å². The summed E-state index contributed by atoms with van der Waals surface area (Å²) >= 11 is 0. The van der Waals surface area contributed by atoms with Crippen LogP contribution in [0.1, 0.15) is 51.0 Å². The Hall–Kier alpha value is -1.18. The number of phenolic OH excluding ortho intramolecular Hbond substituents is 2. The lowest BCUT2D eigenvalue weighted by Gasteiger charge is -2.18. The van der Waals surface area contributed by atoms with Crippen LogP contribution in [-0.2, 0) is 0 Å². The Kier molecular flexibility index (Phi) is 4.47. The molecule has 2 heteroatoms. The summed E-state index contributed by atoms with van der Waals surface area (Å²) in [5.41, 5.74) is 0.723. The fourth-order valence-corrected chi connectivity index (χ4v) is 2.09. The molecule has 0 atom stereocenters. The standard InChI is InChI=1S/C13H20O2/c1-3-6-10(7-4-2)13-11(14)8-5-9-12(13)15/h5,8-10,14-15H,3-4,6-7H2,1-2H3. The van der Waals surface area contributed by atoms with Crippen molar-refractivity contribution in [3.05, 3.63) is 23.8 Å². The molecule has 0 spiro atoms. The molecule has 0 heterocycles. The fourth-order valence-electron chi connectivity index (χ4n) is 2.09. The van der Waals surface area contributed by atoms with Gasteiger partial charge in [-0.2, -0.15) is 0 Å². The van der Waals surface area contributed by atoms with Crippen LogP contribution in [0.25, 0.3) is 0 Å². The molecule has 0 radical (unpaired) electrons. The molecule has 0 saturated carbocycles. The van der Waals surface area contributed by atoms with Crippen molar-refractivity contribution in [2.45, 2.75) is 45.4 Å². The van der Waals surface area contributed by atoms with Crippen LogP contribution < -0.4 is 0 Å². The average molecular weight is 208 g/mol. The number of benzene rings is 1. The molecular formula is C13H20O2. The van der Waals surface area contributed by atoms with Crippen molar-refractivity contribution in [1.29, 1.82) is 0 Å². The fraction of sp³-hybridized carbons (Fsp3) is 0.538. The molecule has 0 aromatic heterocycles. The van der Waals surface area contributed by atoms with Gasteiger partial charge in [-0.1, -0.05) is 32.8 Å². The Morgan fingerprint density at radius 2 is 1.47 bits per heavy atom. The molecule has 2 nitrogen and oxygen atoms in total. The summed E-state index contributed by atoms with van der Waals surface area (Å²) in [6, 6.07) is 4.96. The molecule has 15 heavy (non-hydrogen) atoms. The molecule has 1 rings (SSSR count). The third-order valence-electron chi connectivity index (χ3n) is 2.74. The molecule has 0 bridgehead atoms. The smallest absolute Gasteiger partial charge is 0.122 e. The number of phenols is 2. The van der Waals surface area contributed by atoms with E-state index in [1.807, 2.05) is 0 Å². The average Bonchev–Trinajstić information content (AvgIpc) is 2.18. The summed E-state index contributed by atoms with van der Waals surface area (Å²) in [7, 11) is 0. The van der Waals surface area contributed by atoms with E-state index < -0.39 is 0 Å². The molecule has 0 unspecified atom stereocenters. The van der Waals surface area contributed by atoms with Gasteiger partial charge in [-0.05, 0) is 30.9 Å². The maximum atomic E-state index is 9.76. The molecule has 1 aromatic carbocycles. The first-order chi connectivity index (χ1) is 7.20. The number of hydrogen-bond acceptors (Lipinski definition) is 2. The molecule has 0 aliphatic heterocycles. The van der Waals surface area contributed by atoms with Gasteiger partial charge >= 0.3 is 0 Å². The normalized spacial score (nSPS) is 10.9. The van der Waals surface area contributed by atoms with Crippen molar-refractivity contribution >= 4 is 0 Å². The predicted octanol–water partition coefficient (Wildman–Crippen LogP) is 3.78. The van der Waals surface area contributed by atoms with Crippen molar-refractivity contribution in [1.82, 2.24) is 0 Å². The molecule has 0 aliphatic carbocycles. The molecule has 1 aromatic rings. The Balaban J connectivity index is 2.98. The van der Waals surface area contributed by atoms with E-state index in [1.165, 1.54) is 0 Å². The van der Waals surface area contributed by atoms with Crippen LogP contribution in [0.3, 0.4) is 0 Å². The van der Waals surface area contributed by atoms with Crippen LogP contribution in [0.5, 0.6) is 11.5 Å². The third kappa shape index (κ3) is 2.88. The van der Waals surface area contributed by atoms with Gasteiger partial charge in [-0.25, -0.2) is 0 Å². The highest BCUT2D eigenvalue weighted by Gasteiger charge is 2.17. The Morgan fingerprint density at radius 3 is 1.87 bits per heavy atom. The van der Waals surface area contributed by atoms with E-state index in [-0.39, 0.29) is 17.4 Å². The maximum absolute atomic E-state index is 9.76. The number of rotatable bonds is 5. The van der Waals surface area contributed by atoms with Crippen molar-refractivity contribution in [3.63, 3.8) is 0 Å². The summed E-state index contributed by atoms with van der Waals surface area (Å²) in [4.78, 5) is 0. The molecule has 0 saturated heterocycles. The van der Waals surface area contributed by atoms with E-state index in [2.05, 4.69) is 13.8 Å². The number of aromatic hydroxyl groups is 2. The highest BCUT2D eigenvalue weighted by molar-refractivity contribution is 5.45. The van der Waals surface area contributed by atoms with Gasteiger partial charge in [0.2, 0.25) is 0 Å². The summed E-state index contributed by atoms with van der Waals surface area (Å²) in [5, 5.41) is 19.5. The minimum Gasteiger partial charge on any atom is -0.508 e. The van der Waals surface area contributed by atoms with Gasteiger partial charge in [0.25, 0.3) is 0 Å². The highest BCUT2D eigenvalue weighted by atomic mass is 16.3. The quantitative estimate of drug-likeness (QED) is 0.773. The van der Waals surface area contributed by atoms with E-state index in [0.29, 0.717) is 0 Å². The number of hydrogen-bond donors (Lipinski definition) is 2. The van der Waals surface area contributed by atoms with Gasteiger partial charge in [-0.3, -0.25) is 0 Å². The zero-order valence-corrected chi connectivity index (χ0v) is 9.53. The van der Waals surface area contributed by atoms with Crippen LogP contribution in [-0.4, -0.2) is 10.2 Å². The summed E-state index contributed by atoms with van der Waals surface area (Å²) in [5.74, 6) is 0.727. The zero-order valence-electron chi connectivity index (χ0n) is 9.53. The first kappa shape index (κ1) is 11.9. The summed E-state index contributed by atoms with van der Waals surface area (Å²) in [6.45, 7) is 4.25. The van der Waals surface area contributed by atoms with E-state index in [4.69, 9.17) is 0 Å². The van der Waals surface area contributed by atoms with E-state index in [9.17, 15) is 10.2 Å². The SMILES string of the molecule is CCCC(CCC)c1c(O)cccc1O. The van der Waals surface area contributed by atoms with Crippen LogP contribution in [0.2, 0.25) is 0 Å². The highest BCUT2D eigenvalue weighted by Crippen LogP contribution is 2.38. The van der Waals surface area contributed by atoms with Crippen LogP contribution in [0.15, 0.2) is 18.2 Å². The molecule has 0 aliphatic rings. The van der Waals surface area contributed by atoms with Crippen LogP contribution in [0.4, 0.5) is 0 Å². The topological polar surface area (TPSA) is 40.5 Å². The minimum atomic E-state index is 0.224. The predicted molar refractivity (Wildman–Crippen MR) is 62.3 cm³/mol. The Morgan fingerprint density at radius 1 is 1.00 bits per heavy atom. The maximum Gasteiger partial charge on any atom is 0.122 e. The first-order valence-electron chi connectivity index (χ1n) is 5.71. The monoisotopic (exact) mass is 208 g/mol. The minimum absolute atomic E-state index is 0.224. The van der Waals surface area contributed by atoms with Crippen LogP contribution >= 0.6 is 0 Å². The molecule has 2 N–H and O–H groups in total. The molecule has 0 amide bonds. The van der Waals surface area contributed by atoms with Crippen molar-refractivity contribution in [2.75, 3.05) is 0 Å².